The lowest BCUT2D eigenvalue weighted by Crippen LogP contribution is -2.13. The molecule has 1 heterocycles. The van der Waals surface area contributed by atoms with E-state index in [9.17, 15) is 0 Å². The molecule has 0 amide bonds. The Morgan fingerprint density at radius 1 is 1.30 bits per heavy atom. The first-order valence-corrected chi connectivity index (χ1v) is 7.55. The van der Waals surface area contributed by atoms with Gasteiger partial charge < -0.3 is 5.32 Å². The highest BCUT2D eigenvalue weighted by atomic mass is 35.5. The Morgan fingerprint density at radius 3 is 2.75 bits per heavy atom. The molecule has 0 atom stereocenters. The lowest BCUT2D eigenvalue weighted by Gasteiger charge is -2.08. The van der Waals surface area contributed by atoms with Crippen molar-refractivity contribution in [2.45, 2.75) is 33.2 Å². The summed E-state index contributed by atoms with van der Waals surface area (Å²) in [6.07, 6.45) is 4.11. The van der Waals surface area contributed by atoms with E-state index in [2.05, 4.69) is 42.6 Å². The molecule has 1 aromatic heterocycles. The second-order valence-corrected chi connectivity index (χ2v) is 5.41. The second kappa shape index (κ2) is 6.91. The van der Waals surface area contributed by atoms with Gasteiger partial charge in [-0.2, -0.15) is 5.10 Å². The van der Waals surface area contributed by atoms with Crippen LogP contribution in [0.2, 0.25) is 5.02 Å². The number of hydrogen-bond donors (Lipinski definition) is 1. The van der Waals surface area contributed by atoms with Crippen molar-refractivity contribution in [1.29, 1.82) is 0 Å². The predicted octanol–water partition coefficient (Wildman–Crippen LogP) is 3.80. The highest BCUT2D eigenvalue weighted by Crippen LogP contribution is 2.28. The molecule has 0 unspecified atom stereocenters. The van der Waals surface area contributed by atoms with Gasteiger partial charge in [0.2, 0.25) is 0 Å². The van der Waals surface area contributed by atoms with Gasteiger partial charge in [0, 0.05) is 30.4 Å². The molecule has 108 valence electrons. The number of aromatic nitrogens is 2. The van der Waals surface area contributed by atoms with Gasteiger partial charge in [-0.25, -0.2) is 0 Å². The summed E-state index contributed by atoms with van der Waals surface area (Å²) in [4.78, 5) is 0. The molecule has 0 aliphatic heterocycles. The highest BCUT2D eigenvalue weighted by molar-refractivity contribution is 6.31. The Morgan fingerprint density at radius 2 is 2.10 bits per heavy atom. The zero-order valence-electron chi connectivity index (χ0n) is 12.4. The molecule has 0 bridgehead atoms. The smallest absolute Gasteiger partial charge is 0.0700 e. The zero-order valence-corrected chi connectivity index (χ0v) is 13.2. The molecule has 0 saturated carbocycles. The SMILES string of the molecule is CCCNCc1ccc(-c2cn(C)nc2CC)cc1Cl. The monoisotopic (exact) mass is 291 g/mol. The fourth-order valence-corrected chi connectivity index (χ4v) is 2.54. The van der Waals surface area contributed by atoms with Crippen LogP contribution in [0.4, 0.5) is 0 Å². The first kappa shape index (κ1) is 15.1. The molecule has 1 N–H and O–H groups in total. The van der Waals surface area contributed by atoms with Crippen molar-refractivity contribution in [2.75, 3.05) is 6.54 Å². The van der Waals surface area contributed by atoms with E-state index in [0.29, 0.717) is 0 Å². The molecule has 2 aromatic rings. The second-order valence-electron chi connectivity index (χ2n) is 5.00. The maximum Gasteiger partial charge on any atom is 0.0700 e. The van der Waals surface area contributed by atoms with E-state index in [4.69, 9.17) is 11.6 Å². The molecule has 0 saturated heterocycles. The lowest BCUT2D eigenvalue weighted by molar-refractivity contribution is 0.675. The maximum absolute atomic E-state index is 6.39. The van der Waals surface area contributed by atoms with Crippen LogP contribution in [0.25, 0.3) is 11.1 Å². The van der Waals surface area contributed by atoms with Crippen LogP contribution in [0.5, 0.6) is 0 Å². The molecular weight excluding hydrogens is 270 g/mol. The number of benzene rings is 1. The number of rotatable bonds is 6. The third kappa shape index (κ3) is 3.41. The van der Waals surface area contributed by atoms with E-state index >= 15 is 0 Å². The third-order valence-electron chi connectivity index (χ3n) is 3.35. The summed E-state index contributed by atoms with van der Waals surface area (Å²) in [6, 6.07) is 6.28. The molecular formula is C16H22ClN3. The Bertz CT molecular complexity index is 575. The topological polar surface area (TPSA) is 29.9 Å². The number of halogens is 1. The minimum Gasteiger partial charge on any atom is -0.313 e. The van der Waals surface area contributed by atoms with Gasteiger partial charge in [-0.3, -0.25) is 4.68 Å². The Hall–Kier alpha value is -1.32. The van der Waals surface area contributed by atoms with Crippen LogP contribution in [0.3, 0.4) is 0 Å². The number of nitrogens with zero attached hydrogens (tertiary/aromatic N) is 2. The van der Waals surface area contributed by atoms with E-state index in [1.54, 1.807) is 0 Å². The van der Waals surface area contributed by atoms with Gasteiger partial charge in [0.1, 0.15) is 0 Å². The Labute approximate surface area is 126 Å². The molecule has 20 heavy (non-hydrogen) atoms. The van der Waals surface area contributed by atoms with Crippen molar-refractivity contribution in [2.24, 2.45) is 7.05 Å². The molecule has 3 nitrogen and oxygen atoms in total. The van der Waals surface area contributed by atoms with Crippen molar-refractivity contribution in [3.05, 3.63) is 40.7 Å². The van der Waals surface area contributed by atoms with E-state index in [1.165, 1.54) is 5.56 Å². The minimum absolute atomic E-state index is 0.817. The van der Waals surface area contributed by atoms with Gasteiger partial charge >= 0.3 is 0 Å². The van der Waals surface area contributed by atoms with Crippen LogP contribution in [0.15, 0.2) is 24.4 Å². The Kier molecular flexibility index (Phi) is 5.21. The molecule has 1 aromatic carbocycles. The van der Waals surface area contributed by atoms with Gasteiger partial charge in [0.15, 0.2) is 0 Å². The van der Waals surface area contributed by atoms with Gasteiger partial charge in [0.25, 0.3) is 0 Å². The molecule has 0 fully saturated rings. The van der Waals surface area contributed by atoms with Gasteiger partial charge in [-0.15, -0.1) is 0 Å². The fraction of sp³-hybridized carbons (Fsp3) is 0.438. The highest BCUT2D eigenvalue weighted by Gasteiger charge is 2.10. The number of hydrogen-bond acceptors (Lipinski definition) is 2. The quantitative estimate of drug-likeness (QED) is 0.821. The van der Waals surface area contributed by atoms with Crippen LogP contribution in [-0.4, -0.2) is 16.3 Å². The van der Waals surface area contributed by atoms with Gasteiger partial charge in [-0.05, 0) is 36.6 Å². The summed E-state index contributed by atoms with van der Waals surface area (Å²) >= 11 is 6.39. The van der Waals surface area contributed by atoms with Gasteiger partial charge in [0.05, 0.1) is 5.69 Å². The standard InChI is InChI=1S/C16H22ClN3/c1-4-8-18-10-13-7-6-12(9-15(13)17)14-11-20(3)19-16(14)5-2/h6-7,9,11,18H,4-5,8,10H2,1-3H3. The first-order chi connectivity index (χ1) is 9.65. The van der Waals surface area contributed by atoms with E-state index < -0.39 is 0 Å². The van der Waals surface area contributed by atoms with Crippen molar-refractivity contribution in [3.8, 4) is 11.1 Å². The molecule has 0 spiro atoms. The molecule has 4 heteroatoms. The van der Waals surface area contributed by atoms with E-state index in [0.717, 1.165) is 47.8 Å². The first-order valence-electron chi connectivity index (χ1n) is 7.17. The summed E-state index contributed by atoms with van der Waals surface area (Å²) in [5.41, 5.74) is 4.57. The summed E-state index contributed by atoms with van der Waals surface area (Å²) in [6.45, 7) is 6.12. The lowest BCUT2D eigenvalue weighted by atomic mass is 10.0. The van der Waals surface area contributed by atoms with Crippen molar-refractivity contribution in [3.63, 3.8) is 0 Å². The fourth-order valence-electron chi connectivity index (χ4n) is 2.29. The van der Waals surface area contributed by atoms with Crippen LogP contribution in [-0.2, 0) is 20.0 Å². The van der Waals surface area contributed by atoms with Crippen LogP contribution in [0.1, 0.15) is 31.5 Å². The normalized spacial score (nSPS) is 11.0. The van der Waals surface area contributed by atoms with Crippen LogP contribution >= 0.6 is 11.6 Å². The van der Waals surface area contributed by atoms with Crippen LogP contribution in [0, 0.1) is 0 Å². The number of aryl methyl sites for hydroxylation is 2. The summed E-state index contributed by atoms with van der Waals surface area (Å²) in [7, 11) is 1.95. The molecule has 0 aliphatic carbocycles. The van der Waals surface area contributed by atoms with Gasteiger partial charge in [-0.1, -0.05) is 37.6 Å². The Balaban J connectivity index is 2.23. The van der Waals surface area contributed by atoms with E-state index in [-0.39, 0.29) is 0 Å². The summed E-state index contributed by atoms with van der Waals surface area (Å²) < 4.78 is 1.86. The van der Waals surface area contributed by atoms with Crippen LogP contribution < -0.4 is 5.32 Å². The molecule has 2 rings (SSSR count). The van der Waals surface area contributed by atoms with Crippen molar-refractivity contribution < 1.29 is 0 Å². The number of nitrogens with one attached hydrogen (secondary N) is 1. The predicted molar refractivity (Wildman–Crippen MR) is 85.0 cm³/mol. The average Bonchev–Trinajstić information content (AvgIpc) is 2.82. The average molecular weight is 292 g/mol. The zero-order chi connectivity index (χ0) is 14.5. The largest absolute Gasteiger partial charge is 0.313 e. The minimum atomic E-state index is 0.817. The third-order valence-corrected chi connectivity index (χ3v) is 3.70. The van der Waals surface area contributed by atoms with Crippen molar-refractivity contribution >= 4 is 11.6 Å². The summed E-state index contributed by atoms with van der Waals surface area (Å²) in [5, 5.41) is 8.67. The van der Waals surface area contributed by atoms with Crippen molar-refractivity contribution in [1.82, 2.24) is 15.1 Å². The van der Waals surface area contributed by atoms with E-state index in [1.807, 2.05) is 17.8 Å². The summed E-state index contributed by atoms with van der Waals surface area (Å²) in [5.74, 6) is 0. The molecule has 0 radical (unpaired) electrons. The molecule has 0 aliphatic rings. The maximum atomic E-state index is 6.39.